The first-order chi connectivity index (χ1) is 17.3. The Morgan fingerprint density at radius 1 is 1.03 bits per heavy atom. The Labute approximate surface area is 226 Å². The Bertz CT molecular complexity index is 1180. The van der Waals surface area contributed by atoms with Crippen LogP contribution in [0.5, 0.6) is 5.75 Å². The standard InChI is InChI=1S/C29H37ClN2O4Si/c1-29(2,3)37(4,5)36-26-15-13-25(14-16-26)31-24-11-9-21(10-12-24)17-18-32(28(34)35)20-27(33)22-7-6-8-23(30)19-22/h6-16,19,27,31,33H,17-18,20H2,1-5H3,(H,34,35)/t27-/m0/s1. The van der Waals surface area contributed by atoms with Gasteiger partial charge in [-0.1, -0.05) is 56.6 Å². The van der Waals surface area contributed by atoms with Crippen molar-refractivity contribution < 1.29 is 19.4 Å². The van der Waals surface area contributed by atoms with Gasteiger partial charge in [0.05, 0.1) is 12.6 Å². The molecule has 3 aromatic rings. The van der Waals surface area contributed by atoms with Crippen LogP contribution in [0.1, 0.15) is 38.0 Å². The molecule has 0 aromatic heterocycles. The van der Waals surface area contributed by atoms with E-state index in [9.17, 15) is 15.0 Å². The van der Waals surface area contributed by atoms with Crippen LogP contribution in [0.2, 0.25) is 23.2 Å². The number of aliphatic hydroxyl groups is 1. The van der Waals surface area contributed by atoms with Gasteiger partial charge in [0.25, 0.3) is 0 Å². The van der Waals surface area contributed by atoms with Crippen molar-refractivity contribution in [2.24, 2.45) is 0 Å². The second-order valence-electron chi connectivity index (χ2n) is 10.8. The molecule has 37 heavy (non-hydrogen) atoms. The number of rotatable bonds is 10. The molecule has 1 atom stereocenters. The van der Waals surface area contributed by atoms with Crippen molar-refractivity contribution in [3.8, 4) is 5.75 Å². The summed E-state index contributed by atoms with van der Waals surface area (Å²) in [5.41, 5.74) is 3.50. The van der Waals surface area contributed by atoms with Gasteiger partial charge in [0, 0.05) is 22.9 Å². The Morgan fingerprint density at radius 2 is 1.62 bits per heavy atom. The van der Waals surface area contributed by atoms with Gasteiger partial charge in [-0.2, -0.15) is 0 Å². The van der Waals surface area contributed by atoms with E-state index in [0.717, 1.165) is 22.7 Å². The number of carboxylic acid groups (broad SMARTS) is 1. The molecule has 3 rings (SSSR count). The van der Waals surface area contributed by atoms with Crippen LogP contribution in [0.15, 0.2) is 72.8 Å². The minimum Gasteiger partial charge on any atom is -0.544 e. The van der Waals surface area contributed by atoms with E-state index in [1.807, 2.05) is 48.5 Å². The van der Waals surface area contributed by atoms with Gasteiger partial charge >= 0.3 is 6.09 Å². The number of hydrogen-bond acceptors (Lipinski definition) is 4. The van der Waals surface area contributed by atoms with Gasteiger partial charge in [-0.15, -0.1) is 0 Å². The van der Waals surface area contributed by atoms with Gasteiger partial charge in [0.2, 0.25) is 8.32 Å². The summed E-state index contributed by atoms with van der Waals surface area (Å²) < 4.78 is 6.35. The van der Waals surface area contributed by atoms with E-state index >= 15 is 0 Å². The highest BCUT2D eigenvalue weighted by molar-refractivity contribution is 6.74. The summed E-state index contributed by atoms with van der Waals surface area (Å²) in [6.07, 6.45) is -1.48. The molecule has 3 N–H and O–H groups in total. The Kier molecular flexibility index (Phi) is 9.29. The van der Waals surface area contributed by atoms with Crippen molar-refractivity contribution in [2.45, 2.75) is 51.4 Å². The number of nitrogens with zero attached hydrogens (tertiary/aromatic N) is 1. The largest absolute Gasteiger partial charge is 0.544 e. The van der Waals surface area contributed by atoms with Gasteiger partial charge in [-0.05, 0) is 84.2 Å². The third kappa shape index (κ3) is 8.25. The lowest BCUT2D eigenvalue weighted by atomic mass is 10.1. The number of anilines is 2. The lowest BCUT2D eigenvalue weighted by Crippen LogP contribution is -2.43. The van der Waals surface area contributed by atoms with Crippen LogP contribution in [0.4, 0.5) is 16.2 Å². The average molecular weight is 541 g/mol. The number of carbonyl (C=O) groups is 1. The zero-order valence-corrected chi connectivity index (χ0v) is 23.9. The summed E-state index contributed by atoms with van der Waals surface area (Å²) >= 11 is 5.99. The monoisotopic (exact) mass is 540 g/mol. The number of halogens is 1. The van der Waals surface area contributed by atoms with Crippen molar-refractivity contribution in [1.29, 1.82) is 0 Å². The van der Waals surface area contributed by atoms with Crippen molar-refractivity contribution >= 4 is 37.4 Å². The van der Waals surface area contributed by atoms with Gasteiger partial charge in [-0.25, -0.2) is 4.79 Å². The molecular formula is C29H37ClN2O4Si. The second kappa shape index (κ2) is 12.0. The van der Waals surface area contributed by atoms with E-state index in [4.69, 9.17) is 16.0 Å². The Morgan fingerprint density at radius 3 is 2.16 bits per heavy atom. The third-order valence-corrected chi connectivity index (χ3v) is 11.4. The van der Waals surface area contributed by atoms with E-state index < -0.39 is 20.5 Å². The van der Waals surface area contributed by atoms with Crippen molar-refractivity contribution in [3.63, 3.8) is 0 Å². The number of nitrogens with one attached hydrogen (secondary N) is 1. The Balaban J connectivity index is 1.54. The summed E-state index contributed by atoms with van der Waals surface area (Å²) in [6.45, 7) is 11.4. The van der Waals surface area contributed by atoms with E-state index in [1.165, 1.54) is 4.90 Å². The third-order valence-electron chi connectivity index (χ3n) is 6.84. The van der Waals surface area contributed by atoms with Crippen LogP contribution >= 0.6 is 11.6 Å². The van der Waals surface area contributed by atoms with Crippen molar-refractivity contribution in [2.75, 3.05) is 18.4 Å². The fraction of sp³-hybridized carbons (Fsp3) is 0.345. The molecule has 6 nitrogen and oxygen atoms in total. The molecule has 0 saturated heterocycles. The molecule has 0 aliphatic carbocycles. The Hall–Kier alpha value is -3.00. The molecule has 0 unspecified atom stereocenters. The van der Waals surface area contributed by atoms with Crippen molar-refractivity contribution in [1.82, 2.24) is 4.90 Å². The highest BCUT2D eigenvalue weighted by Gasteiger charge is 2.38. The minimum absolute atomic E-state index is 0.0234. The summed E-state index contributed by atoms with van der Waals surface area (Å²) in [6, 6.07) is 22.7. The van der Waals surface area contributed by atoms with Crippen molar-refractivity contribution in [3.05, 3.63) is 88.9 Å². The first-order valence-electron chi connectivity index (χ1n) is 12.4. The highest BCUT2D eigenvalue weighted by Crippen LogP contribution is 2.37. The molecule has 0 heterocycles. The maximum absolute atomic E-state index is 11.7. The number of amides is 1. The van der Waals surface area contributed by atoms with Crippen LogP contribution in [0.3, 0.4) is 0 Å². The quantitative estimate of drug-likeness (QED) is 0.229. The highest BCUT2D eigenvalue weighted by atomic mass is 35.5. The number of aliphatic hydroxyl groups excluding tert-OH is 1. The molecule has 0 spiro atoms. The predicted molar refractivity (Wildman–Crippen MR) is 154 cm³/mol. The van der Waals surface area contributed by atoms with Crippen LogP contribution in [-0.4, -0.2) is 42.6 Å². The van der Waals surface area contributed by atoms with Crippen LogP contribution in [0.25, 0.3) is 0 Å². The lowest BCUT2D eigenvalue weighted by Gasteiger charge is -2.36. The maximum atomic E-state index is 11.7. The molecular weight excluding hydrogens is 504 g/mol. The molecule has 1 amide bonds. The van der Waals surface area contributed by atoms with Gasteiger partial charge in [-0.3, -0.25) is 0 Å². The fourth-order valence-corrected chi connectivity index (χ4v) is 4.76. The molecule has 3 aromatic carbocycles. The molecule has 0 aliphatic rings. The first kappa shape index (κ1) is 28.6. The van der Waals surface area contributed by atoms with Crippen LogP contribution in [-0.2, 0) is 6.42 Å². The lowest BCUT2D eigenvalue weighted by molar-refractivity contribution is 0.0973. The summed E-state index contributed by atoms with van der Waals surface area (Å²) in [5.74, 6) is 0.885. The molecule has 0 fully saturated rings. The van der Waals surface area contributed by atoms with E-state index in [-0.39, 0.29) is 18.1 Å². The summed E-state index contributed by atoms with van der Waals surface area (Å²) in [4.78, 5) is 13.0. The second-order valence-corrected chi connectivity index (χ2v) is 15.9. The maximum Gasteiger partial charge on any atom is 0.407 e. The molecule has 0 aliphatic heterocycles. The molecule has 0 radical (unpaired) electrons. The minimum atomic E-state index is -1.88. The predicted octanol–water partition coefficient (Wildman–Crippen LogP) is 7.72. The van der Waals surface area contributed by atoms with E-state index in [1.54, 1.807) is 24.3 Å². The molecule has 0 saturated carbocycles. The van der Waals surface area contributed by atoms with E-state index in [2.05, 4.69) is 39.2 Å². The summed E-state index contributed by atoms with van der Waals surface area (Å²) in [5, 5.41) is 24.1. The summed E-state index contributed by atoms with van der Waals surface area (Å²) in [7, 11) is -1.88. The van der Waals surface area contributed by atoms with Crippen LogP contribution in [0, 0.1) is 0 Å². The van der Waals surface area contributed by atoms with Gasteiger partial charge in [0.15, 0.2) is 0 Å². The SMILES string of the molecule is CC(C)(C)[Si](C)(C)Oc1ccc(Nc2ccc(CCN(C[C@H](O)c3cccc(Cl)c3)C(=O)O)cc2)cc1. The van der Waals surface area contributed by atoms with Gasteiger partial charge < -0.3 is 24.9 Å². The first-order valence-corrected chi connectivity index (χ1v) is 15.7. The topological polar surface area (TPSA) is 82.0 Å². The zero-order valence-electron chi connectivity index (χ0n) is 22.2. The molecule has 8 heteroatoms. The zero-order chi connectivity index (χ0) is 27.2. The average Bonchev–Trinajstić information content (AvgIpc) is 2.82. The van der Waals surface area contributed by atoms with Crippen LogP contribution < -0.4 is 9.74 Å². The fourth-order valence-electron chi connectivity index (χ4n) is 3.53. The molecule has 0 bridgehead atoms. The number of benzene rings is 3. The van der Waals surface area contributed by atoms with Gasteiger partial charge in [0.1, 0.15) is 5.75 Å². The smallest absolute Gasteiger partial charge is 0.407 e. The number of hydrogen-bond donors (Lipinski definition) is 3. The molecule has 198 valence electrons. The van der Waals surface area contributed by atoms with E-state index in [0.29, 0.717) is 17.0 Å². The normalized spacial score (nSPS) is 12.6.